The van der Waals surface area contributed by atoms with Gasteiger partial charge in [0.05, 0.1) is 12.6 Å². The van der Waals surface area contributed by atoms with Crippen molar-refractivity contribution in [3.05, 3.63) is 18.0 Å². The van der Waals surface area contributed by atoms with Crippen LogP contribution in [-0.2, 0) is 6.18 Å². The Morgan fingerprint density at radius 3 is 2.53 bits per heavy atom. The average Bonchev–Trinajstić information content (AvgIpc) is 2.24. The molecule has 1 aromatic heterocycles. The summed E-state index contributed by atoms with van der Waals surface area (Å²) in [7, 11) is 0. The average molecular weight is 249 g/mol. The van der Waals surface area contributed by atoms with Gasteiger partial charge in [-0.25, -0.2) is 9.97 Å². The molecule has 0 radical (unpaired) electrons. The van der Waals surface area contributed by atoms with Gasteiger partial charge in [0.2, 0.25) is 5.95 Å². The standard InChI is InChI=1S/C10H14F3N3O/c1-6(2)7(5-17)15-9-14-4-3-8(16-9)10(11,12)13/h3-4,6-7,17H,5H2,1-2H3,(H,14,15,16)/t7-/m1/s1. The molecule has 96 valence electrons. The summed E-state index contributed by atoms with van der Waals surface area (Å²) in [4.78, 5) is 7.05. The van der Waals surface area contributed by atoms with Crippen molar-refractivity contribution < 1.29 is 18.3 Å². The Morgan fingerprint density at radius 2 is 2.06 bits per heavy atom. The number of halogens is 3. The number of nitrogens with one attached hydrogen (secondary N) is 1. The second kappa shape index (κ2) is 5.31. The molecule has 0 spiro atoms. The second-order valence-electron chi connectivity index (χ2n) is 3.94. The number of rotatable bonds is 4. The molecule has 7 heteroatoms. The molecule has 0 fully saturated rings. The lowest BCUT2D eigenvalue weighted by Gasteiger charge is -2.20. The van der Waals surface area contributed by atoms with Gasteiger partial charge in [-0.3, -0.25) is 0 Å². The Hall–Kier alpha value is -1.37. The maximum atomic E-state index is 12.4. The summed E-state index contributed by atoms with van der Waals surface area (Å²) < 4.78 is 37.1. The number of alkyl halides is 3. The van der Waals surface area contributed by atoms with E-state index < -0.39 is 11.9 Å². The van der Waals surface area contributed by atoms with Crippen molar-refractivity contribution in [2.45, 2.75) is 26.1 Å². The molecular weight excluding hydrogens is 235 g/mol. The summed E-state index contributed by atoms with van der Waals surface area (Å²) in [5.74, 6) is -0.0780. The molecule has 1 aromatic rings. The summed E-state index contributed by atoms with van der Waals surface area (Å²) >= 11 is 0. The minimum absolute atomic E-state index is 0.0538. The molecule has 0 saturated heterocycles. The SMILES string of the molecule is CC(C)[C@@H](CO)Nc1nccc(C(F)(F)F)n1. The molecule has 0 aliphatic heterocycles. The number of nitrogens with zero attached hydrogens (tertiary/aromatic N) is 2. The lowest BCUT2D eigenvalue weighted by Crippen LogP contribution is -2.30. The first-order valence-electron chi connectivity index (χ1n) is 5.12. The normalized spacial score (nSPS) is 13.8. The largest absolute Gasteiger partial charge is 0.433 e. The van der Waals surface area contributed by atoms with Crippen LogP contribution in [0.5, 0.6) is 0 Å². The van der Waals surface area contributed by atoms with Gasteiger partial charge < -0.3 is 10.4 Å². The second-order valence-corrected chi connectivity index (χ2v) is 3.94. The lowest BCUT2D eigenvalue weighted by atomic mass is 10.1. The Morgan fingerprint density at radius 1 is 1.41 bits per heavy atom. The fourth-order valence-corrected chi connectivity index (χ4v) is 1.18. The number of aromatic nitrogens is 2. The van der Waals surface area contributed by atoms with Crippen molar-refractivity contribution in [1.29, 1.82) is 0 Å². The van der Waals surface area contributed by atoms with Crippen molar-refractivity contribution in [3.8, 4) is 0 Å². The van der Waals surface area contributed by atoms with E-state index in [1.165, 1.54) is 0 Å². The molecular formula is C10H14F3N3O. The summed E-state index contributed by atoms with van der Waals surface area (Å²) in [5, 5.41) is 11.7. The highest BCUT2D eigenvalue weighted by Gasteiger charge is 2.32. The third-order valence-corrected chi connectivity index (χ3v) is 2.26. The van der Waals surface area contributed by atoms with Crippen molar-refractivity contribution >= 4 is 5.95 Å². The third-order valence-electron chi connectivity index (χ3n) is 2.26. The van der Waals surface area contributed by atoms with Crippen LogP contribution in [0, 0.1) is 5.92 Å². The van der Waals surface area contributed by atoms with E-state index in [0.717, 1.165) is 12.3 Å². The topological polar surface area (TPSA) is 58.0 Å². The molecule has 0 aliphatic rings. The van der Waals surface area contributed by atoms with E-state index in [0.29, 0.717) is 0 Å². The maximum Gasteiger partial charge on any atom is 0.433 e. The molecule has 1 heterocycles. The van der Waals surface area contributed by atoms with Crippen LogP contribution in [0.4, 0.5) is 19.1 Å². The Balaban J connectivity index is 2.85. The fourth-order valence-electron chi connectivity index (χ4n) is 1.18. The maximum absolute atomic E-state index is 12.4. The molecule has 4 nitrogen and oxygen atoms in total. The van der Waals surface area contributed by atoms with E-state index in [2.05, 4.69) is 15.3 Å². The van der Waals surface area contributed by atoms with E-state index >= 15 is 0 Å². The number of aliphatic hydroxyl groups is 1. The smallest absolute Gasteiger partial charge is 0.394 e. The van der Waals surface area contributed by atoms with E-state index in [-0.39, 0.29) is 24.5 Å². The first kappa shape index (κ1) is 13.7. The van der Waals surface area contributed by atoms with Crippen molar-refractivity contribution in [2.24, 2.45) is 5.92 Å². The molecule has 17 heavy (non-hydrogen) atoms. The molecule has 0 aliphatic carbocycles. The van der Waals surface area contributed by atoms with Gasteiger partial charge in [-0.05, 0) is 12.0 Å². The number of anilines is 1. The Bertz CT molecular complexity index is 368. The number of aliphatic hydroxyl groups excluding tert-OH is 1. The van der Waals surface area contributed by atoms with Gasteiger partial charge in [0, 0.05) is 6.20 Å². The van der Waals surface area contributed by atoms with Gasteiger partial charge in [-0.2, -0.15) is 13.2 Å². The molecule has 1 atom stereocenters. The summed E-state index contributed by atoms with van der Waals surface area (Å²) in [6, 6.07) is 0.424. The zero-order chi connectivity index (χ0) is 13.1. The van der Waals surface area contributed by atoms with Crippen LogP contribution in [-0.4, -0.2) is 27.7 Å². The van der Waals surface area contributed by atoms with Gasteiger partial charge in [-0.15, -0.1) is 0 Å². The van der Waals surface area contributed by atoms with Crippen LogP contribution < -0.4 is 5.32 Å². The first-order valence-corrected chi connectivity index (χ1v) is 5.12. The van der Waals surface area contributed by atoms with Gasteiger partial charge in [0.1, 0.15) is 5.69 Å². The van der Waals surface area contributed by atoms with Crippen LogP contribution >= 0.6 is 0 Å². The lowest BCUT2D eigenvalue weighted by molar-refractivity contribution is -0.141. The molecule has 0 unspecified atom stereocenters. The first-order chi connectivity index (χ1) is 7.84. The summed E-state index contributed by atoms with van der Waals surface area (Å²) in [6.45, 7) is 3.47. The predicted molar refractivity (Wildman–Crippen MR) is 56.4 cm³/mol. The Kier molecular flexibility index (Phi) is 4.28. The van der Waals surface area contributed by atoms with E-state index in [9.17, 15) is 13.2 Å². The zero-order valence-corrected chi connectivity index (χ0v) is 9.49. The predicted octanol–water partition coefficient (Wildman–Crippen LogP) is 1.92. The van der Waals surface area contributed by atoms with Crippen LogP contribution in [0.25, 0.3) is 0 Å². The van der Waals surface area contributed by atoms with Crippen molar-refractivity contribution in [1.82, 2.24) is 9.97 Å². The molecule has 0 amide bonds. The summed E-state index contributed by atoms with van der Waals surface area (Å²) in [6.07, 6.45) is -3.46. The monoisotopic (exact) mass is 249 g/mol. The number of hydrogen-bond donors (Lipinski definition) is 2. The van der Waals surface area contributed by atoms with E-state index in [1.54, 1.807) is 0 Å². The number of hydrogen-bond acceptors (Lipinski definition) is 4. The molecule has 2 N–H and O–H groups in total. The van der Waals surface area contributed by atoms with E-state index in [4.69, 9.17) is 5.11 Å². The van der Waals surface area contributed by atoms with E-state index in [1.807, 2.05) is 13.8 Å². The van der Waals surface area contributed by atoms with Crippen molar-refractivity contribution in [3.63, 3.8) is 0 Å². The van der Waals surface area contributed by atoms with Gasteiger partial charge >= 0.3 is 6.18 Å². The van der Waals surface area contributed by atoms with Crippen LogP contribution in [0.2, 0.25) is 0 Å². The molecule has 0 aromatic carbocycles. The minimum atomic E-state index is -4.49. The highest BCUT2D eigenvalue weighted by molar-refractivity contribution is 5.27. The highest BCUT2D eigenvalue weighted by atomic mass is 19.4. The Labute approximate surface area is 96.9 Å². The fraction of sp³-hybridized carbons (Fsp3) is 0.600. The van der Waals surface area contributed by atoms with Crippen LogP contribution in [0.15, 0.2) is 12.3 Å². The minimum Gasteiger partial charge on any atom is -0.394 e. The quantitative estimate of drug-likeness (QED) is 0.856. The van der Waals surface area contributed by atoms with Crippen LogP contribution in [0.3, 0.4) is 0 Å². The summed E-state index contributed by atoms with van der Waals surface area (Å²) in [5.41, 5.74) is -1.00. The van der Waals surface area contributed by atoms with Crippen LogP contribution in [0.1, 0.15) is 19.5 Å². The zero-order valence-electron chi connectivity index (χ0n) is 9.49. The van der Waals surface area contributed by atoms with Gasteiger partial charge in [0.25, 0.3) is 0 Å². The molecule has 0 saturated carbocycles. The highest BCUT2D eigenvalue weighted by Crippen LogP contribution is 2.27. The van der Waals surface area contributed by atoms with Crippen molar-refractivity contribution in [2.75, 3.05) is 11.9 Å². The van der Waals surface area contributed by atoms with Gasteiger partial charge in [-0.1, -0.05) is 13.8 Å². The molecule has 1 rings (SSSR count). The third kappa shape index (κ3) is 3.85. The van der Waals surface area contributed by atoms with Gasteiger partial charge in [0.15, 0.2) is 0 Å². The molecule has 0 bridgehead atoms.